The van der Waals surface area contributed by atoms with E-state index < -0.39 is 21.7 Å². The van der Waals surface area contributed by atoms with Gasteiger partial charge in [-0.25, -0.2) is 17.2 Å². The van der Waals surface area contributed by atoms with Gasteiger partial charge in [-0.3, -0.25) is 4.72 Å². The predicted octanol–water partition coefficient (Wildman–Crippen LogP) is 4.68. The lowest BCUT2D eigenvalue weighted by Gasteiger charge is -2.11. The van der Waals surface area contributed by atoms with E-state index in [-0.39, 0.29) is 24.2 Å². The van der Waals surface area contributed by atoms with E-state index >= 15 is 0 Å². The zero-order valence-corrected chi connectivity index (χ0v) is 14.5. The van der Waals surface area contributed by atoms with Crippen molar-refractivity contribution in [3.05, 3.63) is 55.6 Å². The van der Waals surface area contributed by atoms with E-state index in [2.05, 4.69) is 0 Å². The van der Waals surface area contributed by atoms with Gasteiger partial charge in [0.1, 0.15) is 10.7 Å². The van der Waals surface area contributed by atoms with E-state index in [4.69, 9.17) is 23.2 Å². The summed E-state index contributed by atoms with van der Waals surface area (Å²) in [6.45, 7) is 0. The van der Waals surface area contributed by atoms with Crippen molar-refractivity contribution < 1.29 is 17.2 Å². The molecule has 0 amide bonds. The molecule has 0 heterocycles. The monoisotopic (exact) mass is 463 g/mol. The Hall–Kier alpha value is -0.640. The normalized spacial score (nSPS) is 11.5. The highest BCUT2D eigenvalue weighted by Gasteiger charge is 2.21. The van der Waals surface area contributed by atoms with Crippen molar-refractivity contribution in [2.75, 3.05) is 4.72 Å². The first-order chi connectivity index (χ1) is 9.72. The van der Waals surface area contributed by atoms with Gasteiger partial charge in [-0.05, 0) is 52.9 Å². The van der Waals surface area contributed by atoms with Crippen LogP contribution in [-0.2, 0) is 10.0 Å². The highest BCUT2D eigenvalue weighted by molar-refractivity contribution is 14.1. The van der Waals surface area contributed by atoms with E-state index in [1.54, 1.807) is 0 Å². The van der Waals surface area contributed by atoms with Crippen LogP contribution in [-0.4, -0.2) is 8.42 Å². The highest BCUT2D eigenvalue weighted by atomic mass is 127. The maximum absolute atomic E-state index is 13.8. The minimum atomic E-state index is -4.12. The van der Waals surface area contributed by atoms with Crippen molar-refractivity contribution >= 4 is 61.5 Å². The molecule has 0 saturated heterocycles. The maximum Gasteiger partial charge on any atom is 0.263 e. The Kier molecular flexibility index (Phi) is 4.96. The van der Waals surface area contributed by atoms with Gasteiger partial charge in [0.05, 0.1) is 14.3 Å². The zero-order valence-electron chi connectivity index (χ0n) is 10.0. The van der Waals surface area contributed by atoms with Crippen LogP contribution in [0.5, 0.6) is 0 Å². The summed E-state index contributed by atoms with van der Waals surface area (Å²) in [5, 5.41) is 0.161. The molecule has 2 aromatic carbocycles. The molecule has 0 fully saturated rings. The molecule has 0 aliphatic heterocycles. The Morgan fingerprint density at radius 2 is 1.76 bits per heavy atom. The summed E-state index contributed by atoms with van der Waals surface area (Å²) < 4.78 is 53.1. The number of halogens is 5. The molecule has 0 bridgehead atoms. The summed E-state index contributed by atoms with van der Waals surface area (Å²) >= 11 is 12.9. The lowest BCUT2D eigenvalue weighted by molar-refractivity contribution is 0.571. The van der Waals surface area contributed by atoms with Crippen LogP contribution in [0, 0.1) is 15.2 Å². The van der Waals surface area contributed by atoms with Crippen LogP contribution >= 0.6 is 45.8 Å². The van der Waals surface area contributed by atoms with Gasteiger partial charge >= 0.3 is 0 Å². The topological polar surface area (TPSA) is 46.2 Å². The minimum absolute atomic E-state index is 0.104. The smallest absolute Gasteiger partial charge is 0.263 e. The van der Waals surface area contributed by atoms with Crippen LogP contribution in [0.4, 0.5) is 14.5 Å². The third-order valence-electron chi connectivity index (χ3n) is 2.46. The average molecular weight is 464 g/mol. The van der Waals surface area contributed by atoms with Crippen molar-refractivity contribution in [2.24, 2.45) is 0 Å². The molecule has 9 heteroatoms. The first-order valence-electron chi connectivity index (χ1n) is 5.34. The molecule has 1 N–H and O–H groups in total. The molecule has 2 rings (SSSR count). The molecule has 0 spiro atoms. The van der Waals surface area contributed by atoms with Crippen LogP contribution in [0.15, 0.2) is 35.2 Å². The van der Waals surface area contributed by atoms with E-state index in [0.29, 0.717) is 0 Å². The minimum Gasteiger partial charge on any atom is -0.277 e. The highest BCUT2D eigenvalue weighted by Crippen LogP contribution is 2.29. The third-order valence-corrected chi connectivity index (χ3v) is 5.54. The zero-order chi connectivity index (χ0) is 15.8. The van der Waals surface area contributed by atoms with Gasteiger partial charge in [-0.2, -0.15) is 0 Å². The van der Waals surface area contributed by atoms with Crippen molar-refractivity contribution in [1.29, 1.82) is 0 Å². The molecule has 21 heavy (non-hydrogen) atoms. The fraction of sp³-hybridized carbons (Fsp3) is 0. The standard InChI is InChI=1S/C12H6Cl2F2INO2S/c13-6-1-4-10(7(14)5-6)21(19,20)18-9-3-2-8(15)12(17)11(9)16/h1-5,18H. The summed E-state index contributed by atoms with van der Waals surface area (Å²) in [4.78, 5) is -0.257. The van der Waals surface area contributed by atoms with E-state index in [1.165, 1.54) is 40.8 Å². The van der Waals surface area contributed by atoms with Crippen LogP contribution in [0.2, 0.25) is 10.0 Å². The molecule has 0 aliphatic carbocycles. The number of hydrogen-bond acceptors (Lipinski definition) is 2. The second-order valence-electron chi connectivity index (χ2n) is 3.90. The fourth-order valence-corrected chi connectivity index (χ4v) is 3.80. The molecule has 0 aromatic heterocycles. The van der Waals surface area contributed by atoms with Gasteiger partial charge < -0.3 is 0 Å². The van der Waals surface area contributed by atoms with Crippen LogP contribution < -0.4 is 4.72 Å². The van der Waals surface area contributed by atoms with E-state index in [0.717, 1.165) is 12.1 Å². The Morgan fingerprint density at radius 1 is 1.10 bits per heavy atom. The molecule has 3 nitrogen and oxygen atoms in total. The van der Waals surface area contributed by atoms with E-state index in [1.807, 2.05) is 4.72 Å². The van der Waals surface area contributed by atoms with Crippen LogP contribution in [0.25, 0.3) is 0 Å². The Balaban J connectivity index is 2.45. The lowest BCUT2D eigenvalue weighted by atomic mass is 10.3. The molecule has 2 aromatic rings. The van der Waals surface area contributed by atoms with Gasteiger partial charge in [-0.15, -0.1) is 0 Å². The number of sulfonamides is 1. The van der Waals surface area contributed by atoms with Crippen molar-refractivity contribution in [1.82, 2.24) is 0 Å². The summed E-state index contributed by atoms with van der Waals surface area (Å²) in [6.07, 6.45) is 0. The van der Waals surface area contributed by atoms with Crippen LogP contribution in [0.3, 0.4) is 0 Å². The van der Waals surface area contributed by atoms with Crippen molar-refractivity contribution in [2.45, 2.75) is 4.90 Å². The molecular formula is C12H6Cl2F2INO2S. The molecule has 0 saturated carbocycles. The van der Waals surface area contributed by atoms with Crippen molar-refractivity contribution in [3.8, 4) is 0 Å². The number of hydrogen-bond donors (Lipinski definition) is 1. The molecule has 0 aliphatic rings. The number of anilines is 1. The second-order valence-corrected chi connectivity index (χ2v) is 7.48. The molecule has 0 atom stereocenters. The van der Waals surface area contributed by atoms with E-state index in [9.17, 15) is 17.2 Å². The average Bonchev–Trinajstić information content (AvgIpc) is 2.39. The SMILES string of the molecule is O=S(=O)(Nc1ccc(F)c(I)c1F)c1ccc(Cl)cc1Cl. The number of benzene rings is 2. The number of nitrogens with one attached hydrogen (secondary N) is 1. The molecule has 0 unspecified atom stereocenters. The first kappa shape index (κ1) is 16.7. The summed E-state index contributed by atoms with van der Waals surface area (Å²) in [6, 6.07) is 5.75. The largest absolute Gasteiger partial charge is 0.277 e. The molecule has 112 valence electrons. The summed E-state index contributed by atoms with van der Waals surface area (Å²) in [7, 11) is -4.12. The Bertz CT molecular complexity index is 815. The number of rotatable bonds is 3. The predicted molar refractivity (Wildman–Crippen MR) is 86.3 cm³/mol. The molecule has 0 radical (unpaired) electrons. The van der Waals surface area contributed by atoms with Gasteiger partial charge in [-0.1, -0.05) is 23.2 Å². The summed E-state index contributed by atoms with van der Waals surface area (Å²) in [5.74, 6) is -1.77. The maximum atomic E-state index is 13.8. The Labute approximate surface area is 143 Å². The second kappa shape index (κ2) is 6.23. The Morgan fingerprint density at radius 3 is 2.38 bits per heavy atom. The van der Waals surface area contributed by atoms with Crippen molar-refractivity contribution in [3.63, 3.8) is 0 Å². The van der Waals surface area contributed by atoms with Gasteiger partial charge in [0.25, 0.3) is 10.0 Å². The third kappa shape index (κ3) is 3.58. The summed E-state index contributed by atoms with van der Waals surface area (Å²) in [5.41, 5.74) is -0.369. The van der Waals surface area contributed by atoms with Gasteiger partial charge in [0.15, 0.2) is 5.82 Å². The van der Waals surface area contributed by atoms with Gasteiger partial charge in [0, 0.05) is 5.02 Å². The fourth-order valence-electron chi connectivity index (χ4n) is 1.50. The molecular weight excluding hydrogens is 458 g/mol. The lowest BCUT2D eigenvalue weighted by Crippen LogP contribution is -2.15. The quantitative estimate of drug-likeness (QED) is 0.530. The van der Waals surface area contributed by atoms with Crippen LogP contribution in [0.1, 0.15) is 0 Å². The van der Waals surface area contributed by atoms with Gasteiger partial charge in [0.2, 0.25) is 0 Å². The first-order valence-corrected chi connectivity index (χ1v) is 8.65.